The third-order valence-electron chi connectivity index (χ3n) is 5.03. The number of aromatic nitrogens is 1. The number of anilines is 1. The summed E-state index contributed by atoms with van der Waals surface area (Å²) in [6, 6.07) is 11.3. The number of hydrogen-bond acceptors (Lipinski definition) is 7. The molecule has 0 spiro atoms. The Bertz CT molecular complexity index is 1070. The van der Waals surface area contributed by atoms with Crippen molar-refractivity contribution in [1.29, 1.82) is 5.41 Å². The largest absolute Gasteiger partial charge is 0.497 e. The first-order chi connectivity index (χ1) is 15.8. The number of pyridine rings is 1. The van der Waals surface area contributed by atoms with E-state index in [1.807, 2.05) is 52.0 Å². The summed E-state index contributed by atoms with van der Waals surface area (Å²) in [6.45, 7) is 11.4. The number of carbonyl (C=O) groups is 1. The Morgan fingerprint density at radius 1 is 1.15 bits per heavy atom. The topological polar surface area (TPSA) is 97.4 Å². The molecule has 1 aromatic carbocycles. The second-order valence-corrected chi connectivity index (χ2v) is 7.29. The zero-order chi connectivity index (χ0) is 24.5. The smallest absolute Gasteiger partial charge is 0.303 e. The van der Waals surface area contributed by atoms with Gasteiger partial charge in [-0.25, -0.2) is 4.98 Å². The molecular formula is C26H33N3O4. The minimum atomic E-state index is -0.728. The summed E-state index contributed by atoms with van der Waals surface area (Å²) in [5, 5.41) is 11.7. The van der Waals surface area contributed by atoms with Crippen LogP contribution in [0.15, 0.2) is 47.1 Å². The molecule has 0 fully saturated rings. The van der Waals surface area contributed by atoms with Crippen LogP contribution in [-0.4, -0.2) is 23.8 Å². The maximum Gasteiger partial charge on any atom is 0.303 e. The highest BCUT2D eigenvalue weighted by Gasteiger charge is 2.28. The molecule has 1 atom stereocenters. The fraction of sp³-hybridized carbons (Fsp3) is 0.346. The summed E-state index contributed by atoms with van der Waals surface area (Å²) in [5.74, 6) is 1.50. The Morgan fingerprint density at radius 2 is 1.82 bits per heavy atom. The quantitative estimate of drug-likeness (QED) is 0.323. The van der Waals surface area contributed by atoms with Crippen LogP contribution in [0.25, 0.3) is 0 Å². The van der Waals surface area contributed by atoms with E-state index in [2.05, 4.69) is 5.32 Å². The molecule has 0 aliphatic heterocycles. The van der Waals surface area contributed by atoms with E-state index in [0.29, 0.717) is 35.1 Å². The van der Waals surface area contributed by atoms with Gasteiger partial charge in [0, 0.05) is 36.0 Å². The van der Waals surface area contributed by atoms with Crippen molar-refractivity contribution in [2.24, 2.45) is 0 Å². The summed E-state index contributed by atoms with van der Waals surface area (Å²) < 4.78 is 16.3. The Balaban J connectivity index is 0.00000187. The van der Waals surface area contributed by atoms with Crippen LogP contribution in [-0.2, 0) is 16.1 Å². The van der Waals surface area contributed by atoms with Gasteiger partial charge in [-0.15, -0.1) is 0 Å². The first kappa shape index (κ1) is 25.6. The molecule has 3 rings (SSSR count). The highest BCUT2D eigenvalue weighted by molar-refractivity contribution is 6.02. The molecule has 0 saturated carbocycles. The molecule has 3 aromatic rings. The second-order valence-electron chi connectivity index (χ2n) is 7.29. The van der Waals surface area contributed by atoms with Gasteiger partial charge in [0.25, 0.3) is 0 Å². The second kappa shape index (κ2) is 11.9. The van der Waals surface area contributed by atoms with E-state index < -0.39 is 12.1 Å². The predicted molar refractivity (Wildman–Crippen MR) is 130 cm³/mol. The number of rotatable bonds is 8. The van der Waals surface area contributed by atoms with Crippen LogP contribution >= 0.6 is 0 Å². The summed E-state index contributed by atoms with van der Waals surface area (Å²) in [6.07, 6.45) is 0.811. The van der Waals surface area contributed by atoms with Gasteiger partial charge >= 0.3 is 5.97 Å². The average Bonchev–Trinajstić information content (AvgIpc) is 3.32. The molecule has 2 aromatic heterocycles. The highest BCUT2D eigenvalue weighted by Crippen LogP contribution is 2.35. The highest BCUT2D eigenvalue weighted by atomic mass is 16.5. The Morgan fingerprint density at radius 3 is 2.33 bits per heavy atom. The zero-order valence-electron chi connectivity index (χ0n) is 20.4. The van der Waals surface area contributed by atoms with Crippen molar-refractivity contribution < 1.29 is 18.7 Å². The van der Waals surface area contributed by atoms with Gasteiger partial charge in [0.05, 0.1) is 13.4 Å². The van der Waals surface area contributed by atoms with Crippen LogP contribution in [0.5, 0.6) is 5.75 Å². The third kappa shape index (κ3) is 6.22. The molecule has 0 aliphatic carbocycles. The lowest BCUT2D eigenvalue weighted by molar-refractivity contribution is -0.145. The molecule has 0 aliphatic rings. The minimum Gasteiger partial charge on any atom is -0.497 e. The first-order valence-electron chi connectivity index (χ1n) is 11.0. The number of esters is 1. The molecule has 2 N–H and O–H groups in total. The first-order valence-corrected chi connectivity index (χ1v) is 11.0. The standard InChI is InChI=1S/C24H27N3O4.C2H6/c1-14-21(15(2)25)24(26-13-18-8-10-19(29-5)11-9-18)27-16(3)22(14)23(31-17(4)28)20-7-6-12-30-20;1-2/h6-12,23,25H,13H2,1-5H3,(H,26,27);1-2H3. The van der Waals surface area contributed by atoms with Gasteiger partial charge in [-0.05, 0) is 56.2 Å². The Hall–Kier alpha value is -3.61. The third-order valence-corrected chi connectivity index (χ3v) is 5.03. The van der Waals surface area contributed by atoms with E-state index in [9.17, 15) is 4.79 Å². The van der Waals surface area contributed by atoms with Crippen molar-refractivity contribution in [2.45, 2.75) is 54.2 Å². The van der Waals surface area contributed by atoms with Gasteiger partial charge in [-0.2, -0.15) is 0 Å². The molecule has 0 amide bonds. The monoisotopic (exact) mass is 451 g/mol. The van der Waals surface area contributed by atoms with Crippen LogP contribution in [0.3, 0.4) is 0 Å². The number of ether oxygens (including phenoxy) is 2. The van der Waals surface area contributed by atoms with E-state index in [1.54, 1.807) is 26.2 Å². The maximum atomic E-state index is 11.8. The van der Waals surface area contributed by atoms with E-state index in [-0.39, 0.29) is 0 Å². The molecule has 1 unspecified atom stereocenters. The summed E-state index contributed by atoms with van der Waals surface area (Å²) in [7, 11) is 1.63. The number of methoxy groups -OCH3 is 1. The molecule has 0 radical (unpaired) electrons. The summed E-state index contributed by atoms with van der Waals surface area (Å²) in [4.78, 5) is 16.5. The molecule has 176 valence electrons. The molecule has 7 heteroatoms. The lowest BCUT2D eigenvalue weighted by Gasteiger charge is -2.23. The van der Waals surface area contributed by atoms with Crippen LogP contribution in [0, 0.1) is 19.3 Å². The molecule has 7 nitrogen and oxygen atoms in total. The number of nitrogens with zero attached hydrogens (tertiary/aromatic N) is 1. The molecule has 0 bridgehead atoms. The molecule has 2 heterocycles. The molecular weight excluding hydrogens is 418 g/mol. The van der Waals surface area contributed by atoms with Crippen molar-refractivity contribution in [3.05, 3.63) is 76.4 Å². The Labute approximate surface area is 195 Å². The van der Waals surface area contributed by atoms with Gasteiger partial charge in [0.1, 0.15) is 17.3 Å². The summed E-state index contributed by atoms with van der Waals surface area (Å²) in [5.41, 5.74) is 4.34. The van der Waals surface area contributed by atoms with Gasteiger partial charge < -0.3 is 24.6 Å². The van der Waals surface area contributed by atoms with Crippen LogP contribution < -0.4 is 10.1 Å². The lowest BCUT2D eigenvalue weighted by Crippen LogP contribution is -2.18. The number of nitrogens with one attached hydrogen (secondary N) is 2. The number of carbonyl (C=O) groups excluding carboxylic acids is 1. The van der Waals surface area contributed by atoms with E-state index >= 15 is 0 Å². The predicted octanol–water partition coefficient (Wildman–Crippen LogP) is 5.98. The number of aryl methyl sites for hydroxylation is 1. The minimum absolute atomic E-state index is 0.365. The van der Waals surface area contributed by atoms with Gasteiger partial charge in [-0.1, -0.05) is 26.0 Å². The van der Waals surface area contributed by atoms with Gasteiger partial charge in [0.15, 0.2) is 6.10 Å². The van der Waals surface area contributed by atoms with E-state index in [0.717, 1.165) is 22.4 Å². The SMILES string of the molecule is CC.COc1ccc(CNc2nc(C)c(C(OC(C)=O)c3ccco3)c(C)c2C(C)=N)cc1. The van der Waals surface area contributed by atoms with Crippen molar-refractivity contribution in [3.8, 4) is 5.75 Å². The molecule has 33 heavy (non-hydrogen) atoms. The van der Waals surface area contributed by atoms with Crippen molar-refractivity contribution in [1.82, 2.24) is 4.98 Å². The lowest BCUT2D eigenvalue weighted by atomic mass is 9.94. The van der Waals surface area contributed by atoms with Crippen LogP contribution in [0.4, 0.5) is 5.82 Å². The van der Waals surface area contributed by atoms with E-state index in [1.165, 1.54) is 13.2 Å². The Kier molecular flexibility index (Phi) is 9.21. The van der Waals surface area contributed by atoms with Crippen molar-refractivity contribution >= 4 is 17.5 Å². The number of benzene rings is 1. The normalized spacial score (nSPS) is 11.1. The summed E-state index contributed by atoms with van der Waals surface area (Å²) >= 11 is 0. The number of hydrogen-bond donors (Lipinski definition) is 2. The number of furan rings is 1. The van der Waals surface area contributed by atoms with E-state index in [4.69, 9.17) is 24.3 Å². The zero-order valence-corrected chi connectivity index (χ0v) is 20.4. The fourth-order valence-corrected chi connectivity index (χ4v) is 3.64. The van der Waals surface area contributed by atoms with Gasteiger partial charge in [0.2, 0.25) is 0 Å². The van der Waals surface area contributed by atoms with Crippen molar-refractivity contribution in [2.75, 3.05) is 12.4 Å². The van der Waals surface area contributed by atoms with Crippen LogP contribution in [0.2, 0.25) is 0 Å². The maximum absolute atomic E-state index is 11.8. The van der Waals surface area contributed by atoms with Gasteiger partial charge in [-0.3, -0.25) is 4.79 Å². The molecule has 0 saturated heterocycles. The fourth-order valence-electron chi connectivity index (χ4n) is 3.64. The van der Waals surface area contributed by atoms with Crippen LogP contribution in [0.1, 0.15) is 67.5 Å². The van der Waals surface area contributed by atoms with Crippen molar-refractivity contribution in [3.63, 3.8) is 0 Å². The average molecular weight is 452 g/mol.